The van der Waals surface area contributed by atoms with Crippen LogP contribution in [0, 0.1) is 19.8 Å². The predicted molar refractivity (Wildman–Crippen MR) is 80.1 cm³/mol. The van der Waals surface area contributed by atoms with E-state index >= 15 is 0 Å². The summed E-state index contributed by atoms with van der Waals surface area (Å²) in [7, 11) is 3.48. The fourth-order valence-corrected chi connectivity index (χ4v) is 2.26. The molecule has 0 spiro atoms. The molecule has 0 radical (unpaired) electrons. The molecule has 1 N–H and O–H groups in total. The summed E-state index contributed by atoms with van der Waals surface area (Å²) in [4.78, 5) is 0. The van der Waals surface area contributed by atoms with Gasteiger partial charge < -0.3 is 14.8 Å². The minimum atomic E-state index is 0.577. The molecule has 0 saturated carbocycles. The van der Waals surface area contributed by atoms with Crippen molar-refractivity contribution in [1.29, 1.82) is 0 Å². The van der Waals surface area contributed by atoms with Crippen LogP contribution in [-0.2, 0) is 11.2 Å². The number of nitrogens with one attached hydrogen (secondary N) is 1. The van der Waals surface area contributed by atoms with Crippen LogP contribution >= 0.6 is 0 Å². The highest BCUT2D eigenvalue weighted by atomic mass is 16.5. The summed E-state index contributed by atoms with van der Waals surface area (Å²) < 4.78 is 10.6. The minimum absolute atomic E-state index is 0.577. The molecular weight excluding hydrogens is 238 g/mol. The highest BCUT2D eigenvalue weighted by molar-refractivity contribution is 5.45. The molecule has 1 rings (SSSR count). The lowest BCUT2D eigenvalue weighted by molar-refractivity contribution is 0.198. The number of rotatable bonds is 8. The smallest absolute Gasteiger partial charge is 0.125 e. The van der Waals surface area contributed by atoms with E-state index in [1.165, 1.54) is 16.7 Å². The summed E-state index contributed by atoms with van der Waals surface area (Å²) >= 11 is 0. The van der Waals surface area contributed by atoms with Crippen LogP contribution < -0.4 is 10.1 Å². The molecule has 0 amide bonds. The zero-order valence-corrected chi connectivity index (χ0v) is 12.9. The molecule has 3 nitrogen and oxygen atoms in total. The lowest BCUT2D eigenvalue weighted by Crippen LogP contribution is -2.25. The molecule has 1 atom stereocenters. The number of benzene rings is 1. The van der Waals surface area contributed by atoms with Gasteiger partial charge in [0, 0.05) is 13.7 Å². The average molecular weight is 265 g/mol. The maximum atomic E-state index is 5.56. The van der Waals surface area contributed by atoms with Crippen molar-refractivity contribution in [2.24, 2.45) is 5.92 Å². The highest BCUT2D eigenvalue weighted by Crippen LogP contribution is 2.27. The molecule has 19 heavy (non-hydrogen) atoms. The molecule has 0 aliphatic carbocycles. The Balaban J connectivity index is 2.59. The van der Waals surface area contributed by atoms with Crippen LogP contribution in [0.5, 0.6) is 5.75 Å². The summed E-state index contributed by atoms with van der Waals surface area (Å²) in [6, 6.07) is 4.37. The van der Waals surface area contributed by atoms with Crippen LogP contribution in [0.25, 0.3) is 0 Å². The third kappa shape index (κ3) is 4.84. The molecule has 0 aromatic heterocycles. The van der Waals surface area contributed by atoms with Crippen LogP contribution in [-0.4, -0.2) is 33.9 Å². The molecule has 1 aromatic carbocycles. The van der Waals surface area contributed by atoms with Gasteiger partial charge >= 0.3 is 0 Å². The molecule has 108 valence electrons. The molecule has 0 bridgehead atoms. The number of ether oxygens (including phenoxy) is 2. The number of aryl methyl sites for hydroxylation is 1. The normalized spacial score (nSPS) is 12.5. The fraction of sp³-hybridized carbons (Fsp3) is 0.625. The van der Waals surface area contributed by atoms with Crippen molar-refractivity contribution < 1.29 is 9.47 Å². The first kappa shape index (κ1) is 16.0. The largest absolute Gasteiger partial charge is 0.496 e. The van der Waals surface area contributed by atoms with E-state index in [0.717, 1.165) is 31.9 Å². The Hall–Kier alpha value is -1.06. The highest BCUT2D eigenvalue weighted by Gasteiger charge is 2.11. The molecule has 3 heteroatoms. The Morgan fingerprint density at radius 2 is 1.95 bits per heavy atom. The zero-order chi connectivity index (χ0) is 14.3. The van der Waals surface area contributed by atoms with Crippen molar-refractivity contribution in [1.82, 2.24) is 5.32 Å². The van der Waals surface area contributed by atoms with Gasteiger partial charge in [-0.3, -0.25) is 0 Å². The topological polar surface area (TPSA) is 30.5 Å². The number of methoxy groups -OCH3 is 2. The van der Waals surface area contributed by atoms with Crippen LogP contribution in [0.3, 0.4) is 0 Å². The van der Waals surface area contributed by atoms with Crippen molar-refractivity contribution in [3.8, 4) is 5.75 Å². The zero-order valence-electron chi connectivity index (χ0n) is 12.9. The van der Waals surface area contributed by atoms with Crippen LogP contribution in [0.1, 0.15) is 23.6 Å². The molecule has 0 heterocycles. The van der Waals surface area contributed by atoms with Crippen molar-refractivity contribution in [3.63, 3.8) is 0 Å². The average Bonchev–Trinajstić information content (AvgIpc) is 2.39. The standard InChI is InChI=1S/C16H27NO2/c1-12(11-17-8-9-18-4)10-15-7-6-13(2)14(3)16(15)19-5/h6-7,12,17H,8-11H2,1-5H3. The Kier molecular flexibility index (Phi) is 6.89. The maximum Gasteiger partial charge on any atom is 0.125 e. The van der Waals surface area contributed by atoms with Gasteiger partial charge in [-0.25, -0.2) is 0 Å². The van der Waals surface area contributed by atoms with Gasteiger partial charge in [-0.15, -0.1) is 0 Å². The van der Waals surface area contributed by atoms with Gasteiger partial charge in [-0.05, 0) is 49.4 Å². The minimum Gasteiger partial charge on any atom is -0.496 e. The second kappa shape index (κ2) is 8.18. The van der Waals surface area contributed by atoms with E-state index in [2.05, 4.69) is 38.2 Å². The molecular formula is C16H27NO2. The van der Waals surface area contributed by atoms with Crippen LogP contribution in [0.4, 0.5) is 0 Å². The number of hydrogen-bond donors (Lipinski definition) is 1. The lowest BCUT2D eigenvalue weighted by Gasteiger charge is -2.17. The second-order valence-corrected chi connectivity index (χ2v) is 5.21. The molecule has 0 saturated heterocycles. The van der Waals surface area contributed by atoms with Gasteiger partial charge in [-0.2, -0.15) is 0 Å². The van der Waals surface area contributed by atoms with Gasteiger partial charge in [0.15, 0.2) is 0 Å². The first-order valence-corrected chi connectivity index (χ1v) is 6.92. The predicted octanol–water partition coefficient (Wildman–Crippen LogP) is 2.73. The Labute approximate surface area is 117 Å². The maximum absolute atomic E-state index is 5.56. The first-order chi connectivity index (χ1) is 9.10. The van der Waals surface area contributed by atoms with E-state index in [0.29, 0.717) is 5.92 Å². The van der Waals surface area contributed by atoms with Crippen LogP contribution in [0.2, 0.25) is 0 Å². The molecule has 1 aromatic rings. The third-order valence-electron chi connectivity index (χ3n) is 3.51. The van der Waals surface area contributed by atoms with E-state index in [1.54, 1.807) is 14.2 Å². The Bertz CT molecular complexity index is 391. The van der Waals surface area contributed by atoms with E-state index < -0.39 is 0 Å². The molecule has 0 fully saturated rings. The fourth-order valence-electron chi connectivity index (χ4n) is 2.26. The van der Waals surface area contributed by atoms with Gasteiger partial charge in [0.05, 0.1) is 13.7 Å². The van der Waals surface area contributed by atoms with Gasteiger partial charge in [0.25, 0.3) is 0 Å². The van der Waals surface area contributed by atoms with Crippen molar-refractivity contribution >= 4 is 0 Å². The lowest BCUT2D eigenvalue weighted by atomic mass is 9.96. The first-order valence-electron chi connectivity index (χ1n) is 6.92. The van der Waals surface area contributed by atoms with Crippen molar-refractivity contribution in [2.75, 3.05) is 33.9 Å². The quantitative estimate of drug-likeness (QED) is 0.733. The summed E-state index contributed by atoms with van der Waals surface area (Å²) in [5.74, 6) is 1.62. The van der Waals surface area contributed by atoms with Crippen molar-refractivity contribution in [3.05, 3.63) is 28.8 Å². The summed E-state index contributed by atoms with van der Waals surface area (Å²) in [6.45, 7) is 9.18. The summed E-state index contributed by atoms with van der Waals surface area (Å²) in [6.07, 6.45) is 1.03. The van der Waals surface area contributed by atoms with E-state index in [-0.39, 0.29) is 0 Å². The van der Waals surface area contributed by atoms with Gasteiger partial charge in [0.2, 0.25) is 0 Å². The van der Waals surface area contributed by atoms with Crippen LogP contribution in [0.15, 0.2) is 12.1 Å². The van der Waals surface area contributed by atoms with E-state index in [9.17, 15) is 0 Å². The molecule has 0 aliphatic heterocycles. The number of hydrogen-bond acceptors (Lipinski definition) is 3. The van der Waals surface area contributed by atoms with E-state index in [4.69, 9.17) is 9.47 Å². The summed E-state index contributed by atoms with van der Waals surface area (Å²) in [5.41, 5.74) is 3.83. The van der Waals surface area contributed by atoms with Crippen molar-refractivity contribution in [2.45, 2.75) is 27.2 Å². The summed E-state index contributed by atoms with van der Waals surface area (Å²) in [5, 5.41) is 3.40. The van der Waals surface area contributed by atoms with Gasteiger partial charge in [-0.1, -0.05) is 19.1 Å². The SMILES string of the molecule is COCCNCC(C)Cc1ccc(C)c(C)c1OC. The monoisotopic (exact) mass is 265 g/mol. The molecule has 0 aliphatic rings. The molecule has 1 unspecified atom stereocenters. The third-order valence-corrected chi connectivity index (χ3v) is 3.51. The second-order valence-electron chi connectivity index (χ2n) is 5.21. The van der Waals surface area contributed by atoms with Gasteiger partial charge in [0.1, 0.15) is 5.75 Å². The Morgan fingerprint density at radius 1 is 1.21 bits per heavy atom. The van der Waals surface area contributed by atoms with E-state index in [1.807, 2.05) is 0 Å². The Morgan fingerprint density at radius 3 is 2.58 bits per heavy atom.